The van der Waals surface area contributed by atoms with E-state index in [0.717, 1.165) is 19.3 Å². The molecule has 3 unspecified atom stereocenters. The molecule has 0 heterocycles. The van der Waals surface area contributed by atoms with E-state index in [1.807, 2.05) is 12.2 Å². The van der Waals surface area contributed by atoms with Crippen molar-refractivity contribution >= 4 is 5.97 Å². The predicted molar refractivity (Wildman–Crippen MR) is 59.2 cm³/mol. The van der Waals surface area contributed by atoms with Crippen LogP contribution in [0, 0.1) is 34.5 Å². The second-order valence-corrected chi connectivity index (χ2v) is 4.95. The SMILES string of the molecule is COC(=O)C1C=CCC(C2(C#N)CC2)C1C. The van der Waals surface area contributed by atoms with E-state index in [1.165, 1.54) is 7.11 Å². The van der Waals surface area contributed by atoms with Crippen molar-refractivity contribution in [1.29, 1.82) is 5.26 Å². The van der Waals surface area contributed by atoms with Crippen LogP contribution in [0.25, 0.3) is 0 Å². The molecule has 0 aromatic heterocycles. The van der Waals surface area contributed by atoms with Crippen molar-refractivity contribution < 1.29 is 9.53 Å². The Bertz CT molecular complexity index is 363. The summed E-state index contributed by atoms with van der Waals surface area (Å²) < 4.78 is 4.80. The summed E-state index contributed by atoms with van der Waals surface area (Å²) in [5, 5.41) is 9.22. The van der Waals surface area contributed by atoms with Crippen LogP contribution in [0.5, 0.6) is 0 Å². The third kappa shape index (κ3) is 1.63. The second kappa shape index (κ2) is 3.93. The normalized spacial score (nSPS) is 35.2. The second-order valence-electron chi connectivity index (χ2n) is 4.95. The van der Waals surface area contributed by atoms with Gasteiger partial charge in [0.1, 0.15) is 0 Å². The molecule has 16 heavy (non-hydrogen) atoms. The van der Waals surface area contributed by atoms with Crippen LogP contribution in [0.15, 0.2) is 12.2 Å². The number of rotatable bonds is 2. The molecule has 2 rings (SSSR count). The summed E-state index contributed by atoms with van der Waals surface area (Å²) in [5.41, 5.74) is -0.156. The lowest BCUT2D eigenvalue weighted by Gasteiger charge is -2.33. The third-order valence-corrected chi connectivity index (χ3v) is 4.13. The van der Waals surface area contributed by atoms with Gasteiger partial charge in [-0.25, -0.2) is 0 Å². The molecular weight excluding hydrogens is 202 g/mol. The smallest absolute Gasteiger partial charge is 0.312 e. The fourth-order valence-electron chi connectivity index (χ4n) is 2.87. The number of carbonyl (C=O) groups is 1. The van der Waals surface area contributed by atoms with Gasteiger partial charge < -0.3 is 4.74 Å². The molecule has 0 aromatic carbocycles. The van der Waals surface area contributed by atoms with Gasteiger partial charge in [0.05, 0.1) is 24.5 Å². The monoisotopic (exact) mass is 219 g/mol. The molecule has 0 bridgehead atoms. The molecule has 0 N–H and O–H groups in total. The first-order valence-electron chi connectivity index (χ1n) is 5.80. The van der Waals surface area contributed by atoms with Crippen LogP contribution < -0.4 is 0 Å². The number of methoxy groups -OCH3 is 1. The number of ether oxygens (including phenoxy) is 1. The van der Waals surface area contributed by atoms with E-state index in [0.29, 0.717) is 5.92 Å². The summed E-state index contributed by atoms with van der Waals surface area (Å²) in [4.78, 5) is 11.6. The molecule has 1 fully saturated rings. The highest BCUT2D eigenvalue weighted by molar-refractivity contribution is 5.75. The first-order chi connectivity index (χ1) is 7.64. The van der Waals surface area contributed by atoms with Crippen molar-refractivity contribution in [3.05, 3.63) is 12.2 Å². The van der Waals surface area contributed by atoms with Gasteiger partial charge >= 0.3 is 5.97 Å². The lowest BCUT2D eigenvalue weighted by Crippen LogP contribution is -2.34. The molecule has 0 saturated heterocycles. The standard InChI is InChI=1S/C13H17NO2/c1-9-10(12(15)16-2)4-3-5-11(9)13(8-14)6-7-13/h3-4,9-11H,5-7H2,1-2H3. The van der Waals surface area contributed by atoms with Gasteiger partial charge in [-0.2, -0.15) is 5.26 Å². The molecule has 0 amide bonds. The van der Waals surface area contributed by atoms with Crippen molar-refractivity contribution in [2.75, 3.05) is 7.11 Å². The Balaban J connectivity index is 2.17. The van der Waals surface area contributed by atoms with E-state index < -0.39 is 0 Å². The number of carbonyl (C=O) groups excluding carboxylic acids is 1. The van der Waals surface area contributed by atoms with Crippen molar-refractivity contribution in [2.45, 2.75) is 26.2 Å². The first-order valence-corrected chi connectivity index (χ1v) is 5.80. The van der Waals surface area contributed by atoms with Crippen LogP contribution >= 0.6 is 0 Å². The number of hydrogen-bond acceptors (Lipinski definition) is 3. The quantitative estimate of drug-likeness (QED) is 0.529. The molecule has 1 saturated carbocycles. The van der Waals surface area contributed by atoms with Crippen molar-refractivity contribution in [3.8, 4) is 6.07 Å². The Morgan fingerprint density at radius 1 is 1.56 bits per heavy atom. The zero-order valence-electron chi connectivity index (χ0n) is 9.77. The average molecular weight is 219 g/mol. The molecule has 3 heteroatoms. The van der Waals surface area contributed by atoms with Gasteiger partial charge in [-0.15, -0.1) is 0 Å². The minimum atomic E-state index is -0.179. The Morgan fingerprint density at radius 3 is 2.75 bits per heavy atom. The number of nitrogens with zero attached hydrogens (tertiary/aromatic N) is 1. The molecule has 86 valence electrons. The largest absolute Gasteiger partial charge is 0.469 e. The van der Waals surface area contributed by atoms with Crippen LogP contribution in [-0.4, -0.2) is 13.1 Å². The lowest BCUT2D eigenvalue weighted by atomic mass is 9.70. The van der Waals surface area contributed by atoms with Crippen LogP contribution in [0.1, 0.15) is 26.2 Å². The summed E-state index contributed by atoms with van der Waals surface area (Å²) in [7, 11) is 1.42. The van der Waals surface area contributed by atoms with E-state index in [1.54, 1.807) is 0 Å². The molecule has 3 atom stereocenters. The molecular formula is C13H17NO2. The molecule has 2 aliphatic carbocycles. The van der Waals surface area contributed by atoms with Gasteiger partial charge in [0.25, 0.3) is 0 Å². The van der Waals surface area contributed by atoms with Crippen LogP contribution in [0.2, 0.25) is 0 Å². The number of allylic oxidation sites excluding steroid dienone is 1. The summed E-state index contributed by atoms with van der Waals surface area (Å²) in [6.07, 6.45) is 6.85. The van der Waals surface area contributed by atoms with Gasteiger partial charge in [-0.3, -0.25) is 4.79 Å². The molecule has 0 spiro atoms. The van der Waals surface area contributed by atoms with Crippen molar-refractivity contribution in [1.82, 2.24) is 0 Å². The predicted octanol–water partition coefficient (Wildman–Crippen LogP) is 2.29. The van der Waals surface area contributed by atoms with Crippen LogP contribution in [0.4, 0.5) is 0 Å². The lowest BCUT2D eigenvalue weighted by molar-refractivity contribution is -0.146. The van der Waals surface area contributed by atoms with Gasteiger partial charge in [0.15, 0.2) is 0 Å². The fraction of sp³-hybridized carbons (Fsp3) is 0.692. The Labute approximate surface area is 96.1 Å². The zero-order valence-corrected chi connectivity index (χ0v) is 9.77. The maximum Gasteiger partial charge on any atom is 0.312 e. The summed E-state index contributed by atoms with van der Waals surface area (Å²) in [6, 6.07) is 2.44. The zero-order chi connectivity index (χ0) is 11.8. The summed E-state index contributed by atoms with van der Waals surface area (Å²) >= 11 is 0. The topological polar surface area (TPSA) is 50.1 Å². The summed E-state index contributed by atoms with van der Waals surface area (Å²) in [6.45, 7) is 2.06. The van der Waals surface area contributed by atoms with Crippen molar-refractivity contribution in [2.24, 2.45) is 23.2 Å². The highest BCUT2D eigenvalue weighted by atomic mass is 16.5. The van der Waals surface area contributed by atoms with E-state index in [2.05, 4.69) is 13.0 Å². The van der Waals surface area contributed by atoms with E-state index >= 15 is 0 Å². The van der Waals surface area contributed by atoms with Gasteiger partial charge in [-0.05, 0) is 31.1 Å². The van der Waals surface area contributed by atoms with Gasteiger partial charge in [0.2, 0.25) is 0 Å². The maximum absolute atomic E-state index is 11.6. The van der Waals surface area contributed by atoms with Crippen LogP contribution in [-0.2, 0) is 9.53 Å². The molecule has 0 radical (unpaired) electrons. The fourth-order valence-corrected chi connectivity index (χ4v) is 2.87. The van der Waals surface area contributed by atoms with E-state index in [-0.39, 0.29) is 23.2 Å². The minimum Gasteiger partial charge on any atom is -0.469 e. The Morgan fingerprint density at radius 2 is 2.25 bits per heavy atom. The number of hydrogen-bond donors (Lipinski definition) is 0. The van der Waals surface area contributed by atoms with Gasteiger partial charge in [0, 0.05) is 0 Å². The summed E-state index contributed by atoms with van der Waals surface area (Å²) in [5.74, 6) is 0.169. The highest BCUT2D eigenvalue weighted by Gasteiger charge is 2.53. The third-order valence-electron chi connectivity index (χ3n) is 4.13. The van der Waals surface area contributed by atoms with Crippen LogP contribution in [0.3, 0.4) is 0 Å². The van der Waals surface area contributed by atoms with E-state index in [9.17, 15) is 10.1 Å². The maximum atomic E-state index is 11.6. The Hall–Kier alpha value is -1.30. The number of esters is 1. The van der Waals surface area contributed by atoms with Gasteiger partial charge in [-0.1, -0.05) is 19.1 Å². The van der Waals surface area contributed by atoms with E-state index in [4.69, 9.17) is 4.74 Å². The highest BCUT2D eigenvalue weighted by Crippen LogP contribution is 2.57. The molecule has 3 nitrogen and oxygen atoms in total. The molecule has 0 aromatic rings. The molecule has 0 aliphatic heterocycles. The number of nitriles is 1. The average Bonchev–Trinajstić information content (AvgIpc) is 3.09. The first kappa shape index (κ1) is 11.2. The Kier molecular flexibility index (Phi) is 2.75. The minimum absolute atomic E-state index is 0.156. The molecule has 2 aliphatic rings. The van der Waals surface area contributed by atoms with Crippen molar-refractivity contribution in [3.63, 3.8) is 0 Å².